The van der Waals surface area contributed by atoms with Crippen molar-refractivity contribution in [3.63, 3.8) is 0 Å². The third-order valence-corrected chi connectivity index (χ3v) is 2.51. The van der Waals surface area contributed by atoms with Crippen molar-refractivity contribution in [1.82, 2.24) is 0 Å². The van der Waals surface area contributed by atoms with E-state index in [-0.39, 0.29) is 0 Å². The minimum atomic E-state index is -0.521. The van der Waals surface area contributed by atoms with E-state index in [9.17, 15) is 5.02 Å². The van der Waals surface area contributed by atoms with E-state index in [4.69, 9.17) is 0 Å². The quantitative estimate of drug-likeness (QED) is 0.713. The highest BCUT2D eigenvalue weighted by Crippen LogP contribution is 1.95. The SMILES string of the molecule is Cc1ccc(B(O)c2ccccc2)cc1. The molecule has 2 rings (SSSR count). The van der Waals surface area contributed by atoms with E-state index in [2.05, 4.69) is 0 Å². The lowest BCUT2D eigenvalue weighted by Gasteiger charge is -2.07. The third kappa shape index (κ3) is 2.28. The van der Waals surface area contributed by atoms with Gasteiger partial charge in [0.05, 0.1) is 0 Å². The zero-order chi connectivity index (χ0) is 10.7. The summed E-state index contributed by atoms with van der Waals surface area (Å²) >= 11 is 0. The van der Waals surface area contributed by atoms with E-state index in [1.54, 1.807) is 0 Å². The molecule has 0 radical (unpaired) electrons. The molecule has 0 heterocycles. The van der Waals surface area contributed by atoms with Gasteiger partial charge in [0.25, 0.3) is 0 Å². The van der Waals surface area contributed by atoms with E-state index in [0.29, 0.717) is 0 Å². The zero-order valence-corrected chi connectivity index (χ0v) is 8.72. The molecule has 2 heteroatoms. The van der Waals surface area contributed by atoms with Gasteiger partial charge in [0.1, 0.15) is 0 Å². The second kappa shape index (κ2) is 4.32. The van der Waals surface area contributed by atoms with Crippen LogP contribution in [0, 0.1) is 6.92 Å². The Labute approximate surface area is 90.5 Å². The maximum Gasteiger partial charge on any atom is 0.358 e. The van der Waals surface area contributed by atoms with Crippen molar-refractivity contribution < 1.29 is 5.02 Å². The van der Waals surface area contributed by atoms with Crippen LogP contribution in [0.25, 0.3) is 0 Å². The molecule has 0 amide bonds. The molecule has 15 heavy (non-hydrogen) atoms. The first kappa shape index (κ1) is 10.00. The fourth-order valence-corrected chi connectivity index (χ4v) is 1.58. The van der Waals surface area contributed by atoms with Crippen LogP contribution in [0.5, 0.6) is 0 Å². The normalized spacial score (nSPS) is 10.0. The van der Waals surface area contributed by atoms with E-state index < -0.39 is 6.92 Å². The Kier molecular flexibility index (Phi) is 2.88. The molecular weight excluding hydrogens is 183 g/mol. The Balaban J connectivity index is 2.29. The summed E-state index contributed by atoms with van der Waals surface area (Å²) in [4.78, 5) is 0. The molecule has 0 aliphatic heterocycles. The Morgan fingerprint density at radius 1 is 0.800 bits per heavy atom. The number of aryl methyl sites for hydroxylation is 1. The minimum absolute atomic E-state index is 0.521. The lowest BCUT2D eigenvalue weighted by molar-refractivity contribution is 0.600. The van der Waals surface area contributed by atoms with Crippen molar-refractivity contribution in [3.05, 3.63) is 60.2 Å². The Morgan fingerprint density at radius 3 is 1.93 bits per heavy atom. The minimum Gasteiger partial charge on any atom is -0.443 e. The predicted molar refractivity (Wildman–Crippen MR) is 64.9 cm³/mol. The summed E-state index contributed by atoms with van der Waals surface area (Å²) in [5.74, 6) is 0. The number of rotatable bonds is 2. The standard InChI is InChI=1S/C13H13BO/c1-11-7-9-13(10-8-11)14(15)12-5-3-2-4-6-12/h2-10,15H,1H3. The average molecular weight is 196 g/mol. The summed E-state index contributed by atoms with van der Waals surface area (Å²) in [7, 11) is 0. The molecule has 0 spiro atoms. The fraction of sp³-hybridized carbons (Fsp3) is 0.0769. The highest BCUT2D eigenvalue weighted by molar-refractivity contribution is 6.78. The molecule has 0 aliphatic rings. The smallest absolute Gasteiger partial charge is 0.358 e. The first-order chi connectivity index (χ1) is 7.27. The van der Waals surface area contributed by atoms with Crippen LogP contribution in [-0.2, 0) is 0 Å². The molecule has 0 saturated heterocycles. The number of hydrogen-bond acceptors (Lipinski definition) is 1. The third-order valence-electron chi connectivity index (χ3n) is 2.51. The summed E-state index contributed by atoms with van der Waals surface area (Å²) in [5.41, 5.74) is 3.08. The van der Waals surface area contributed by atoms with E-state index in [1.807, 2.05) is 61.5 Å². The van der Waals surface area contributed by atoms with Gasteiger partial charge >= 0.3 is 6.92 Å². The summed E-state index contributed by atoms with van der Waals surface area (Å²) < 4.78 is 0. The maximum absolute atomic E-state index is 10.1. The molecule has 0 fully saturated rings. The van der Waals surface area contributed by atoms with Crippen molar-refractivity contribution in [2.75, 3.05) is 0 Å². The molecule has 1 N–H and O–H groups in total. The first-order valence-electron chi connectivity index (χ1n) is 5.07. The highest BCUT2D eigenvalue weighted by atomic mass is 16.2. The summed E-state index contributed by atoms with van der Waals surface area (Å²) in [5, 5.41) is 10.1. The molecule has 1 nitrogen and oxygen atoms in total. The van der Waals surface area contributed by atoms with Gasteiger partial charge in [0.15, 0.2) is 0 Å². The largest absolute Gasteiger partial charge is 0.443 e. The van der Waals surface area contributed by atoms with E-state index in [0.717, 1.165) is 10.9 Å². The van der Waals surface area contributed by atoms with E-state index >= 15 is 0 Å². The molecule has 0 aromatic heterocycles. The first-order valence-corrected chi connectivity index (χ1v) is 5.07. The molecule has 0 atom stereocenters. The lowest BCUT2D eigenvalue weighted by Crippen LogP contribution is -2.42. The van der Waals surface area contributed by atoms with Gasteiger partial charge < -0.3 is 5.02 Å². The topological polar surface area (TPSA) is 20.2 Å². The Hall–Kier alpha value is -1.54. The van der Waals surface area contributed by atoms with Crippen molar-refractivity contribution in [3.8, 4) is 0 Å². The molecule has 0 unspecified atom stereocenters. The van der Waals surface area contributed by atoms with Crippen LogP contribution in [0.3, 0.4) is 0 Å². The van der Waals surface area contributed by atoms with Gasteiger partial charge in [-0.2, -0.15) is 0 Å². The van der Waals surface area contributed by atoms with Crippen molar-refractivity contribution >= 4 is 17.8 Å². The summed E-state index contributed by atoms with van der Waals surface area (Å²) in [6.45, 7) is 1.52. The Morgan fingerprint density at radius 2 is 1.33 bits per heavy atom. The van der Waals surface area contributed by atoms with Crippen LogP contribution in [0.2, 0.25) is 0 Å². The molecular formula is C13H13BO. The molecule has 74 valence electrons. The van der Waals surface area contributed by atoms with Gasteiger partial charge in [0.2, 0.25) is 0 Å². The predicted octanol–water partition coefficient (Wildman–Crippen LogP) is 1.09. The molecule has 0 aliphatic carbocycles. The van der Waals surface area contributed by atoms with Gasteiger partial charge in [-0.05, 0) is 17.8 Å². The van der Waals surface area contributed by atoms with Crippen LogP contribution in [0.4, 0.5) is 0 Å². The molecule has 0 bridgehead atoms. The van der Waals surface area contributed by atoms with Crippen LogP contribution < -0.4 is 10.9 Å². The maximum atomic E-state index is 10.1. The molecule has 2 aromatic carbocycles. The summed E-state index contributed by atoms with van der Waals surface area (Å²) in [6.07, 6.45) is 0. The Bertz CT molecular complexity index is 422. The zero-order valence-electron chi connectivity index (χ0n) is 8.72. The lowest BCUT2D eigenvalue weighted by atomic mass is 9.56. The number of benzene rings is 2. The van der Waals surface area contributed by atoms with Gasteiger partial charge in [-0.25, -0.2) is 0 Å². The van der Waals surface area contributed by atoms with Gasteiger partial charge in [0, 0.05) is 0 Å². The summed E-state index contributed by atoms with van der Waals surface area (Å²) in [6, 6.07) is 17.7. The second-order valence-electron chi connectivity index (χ2n) is 3.72. The van der Waals surface area contributed by atoms with Gasteiger partial charge in [-0.3, -0.25) is 0 Å². The van der Waals surface area contributed by atoms with Crippen molar-refractivity contribution in [2.45, 2.75) is 6.92 Å². The average Bonchev–Trinajstić information content (AvgIpc) is 2.30. The van der Waals surface area contributed by atoms with Crippen molar-refractivity contribution in [1.29, 1.82) is 0 Å². The highest BCUT2D eigenvalue weighted by Gasteiger charge is 2.15. The monoisotopic (exact) mass is 196 g/mol. The van der Waals surface area contributed by atoms with Gasteiger partial charge in [-0.1, -0.05) is 60.2 Å². The van der Waals surface area contributed by atoms with E-state index in [1.165, 1.54) is 5.56 Å². The van der Waals surface area contributed by atoms with Crippen LogP contribution in [0.15, 0.2) is 54.6 Å². The van der Waals surface area contributed by atoms with Crippen molar-refractivity contribution in [2.24, 2.45) is 0 Å². The van der Waals surface area contributed by atoms with Crippen LogP contribution in [-0.4, -0.2) is 11.9 Å². The second-order valence-corrected chi connectivity index (χ2v) is 3.72. The van der Waals surface area contributed by atoms with Crippen LogP contribution >= 0.6 is 0 Å². The van der Waals surface area contributed by atoms with Gasteiger partial charge in [-0.15, -0.1) is 0 Å². The van der Waals surface area contributed by atoms with Crippen LogP contribution in [0.1, 0.15) is 5.56 Å². The molecule has 0 saturated carbocycles. The fourth-order valence-electron chi connectivity index (χ4n) is 1.58. The molecule has 2 aromatic rings. The number of hydrogen-bond donors (Lipinski definition) is 1.